The van der Waals surface area contributed by atoms with E-state index < -0.39 is 16.6 Å². The third-order valence-corrected chi connectivity index (χ3v) is 2.09. The predicted octanol–water partition coefficient (Wildman–Crippen LogP) is 1.75. The molecule has 0 saturated heterocycles. The van der Waals surface area contributed by atoms with Crippen molar-refractivity contribution in [2.45, 2.75) is 6.42 Å². The molecule has 0 amide bonds. The summed E-state index contributed by atoms with van der Waals surface area (Å²) < 4.78 is 0. The summed E-state index contributed by atoms with van der Waals surface area (Å²) in [5, 5.41) is 27.7. The quantitative estimate of drug-likeness (QED) is 0.640. The molecule has 0 aliphatic heterocycles. The first-order chi connectivity index (χ1) is 7.45. The van der Waals surface area contributed by atoms with Gasteiger partial charge in [0.2, 0.25) is 0 Å². The molecule has 16 heavy (non-hydrogen) atoms. The zero-order chi connectivity index (χ0) is 12.3. The van der Waals surface area contributed by atoms with E-state index in [0.29, 0.717) is 0 Å². The maximum atomic E-state index is 10.6. The van der Waals surface area contributed by atoms with Gasteiger partial charge in [0.1, 0.15) is 11.6 Å². The maximum Gasteiger partial charge on any atom is 0.307 e. The van der Waals surface area contributed by atoms with E-state index in [9.17, 15) is 14.9 Å². The molecule has 7 heteroatoms. The summed E-state index contributed by atoms with van der Waals surface area (Å²) in [4.78, 5) is 20.3. The number of nitro groups is 1. The van der Waals surface area contributed by atoms with Crippen LogP contribution in [0.5, 0.6) is 0 Å². The van der Waals surface area contributed by atoms with Crippen molar-refractivity contribution >= 4 is 23.3 Å². The van der Waals surface area contributed by atoms with E-state index in [-0.39, 0.29) is 22.6 Å². The van der Waals surface area contributed by atoms with Crippen LogP contribution in [0.2, 0.25) is 5.02 Å². The Morgan fingerprint density at radius 1 is 1.62 bits per heavy atom. The number of halogens is 1. The Morgan fingerprint density at radius 2 is 2.25 bits per heavy atom. The fourth-order valence-corrected chi connectivity index (χ4v) is 1.46. The number of nitriles is 1. The molecule has 0 saturated carbocycles. The van der Waals surface area contributed by atoms with E-state index in [2.05, 4.69) is 0 Å². The Balaban J connectivity index is 3.35. The van der Waals surface area contributed by atoms with E-state index in [1.807, 2.05) is 0 Å². The van der Waals surface area contributed by atoms with Crippen LogP contribution in [0.25, 0.3) is 0 Å². The lowest BCUT2D eigenvalue weighted by Gasteiger charge is -2.01. The molecule has 1 aromatic carbocycles. The maximum absolute atomic E-state index is 10.6. The molecule has 0 aliphatic carbocycles. The molecule has 0 heterocycles. The van der Waals surface area contributed by atoms with Crippen molar-refractivity contribution < 1.29 is 14.8 Å². The SMILES string of the molecule is N#Cc1c(Cl)cc(CC(=O)O)cc1[N+](=O)[O-]. The van der Waals surface area contributed by atoms with Crippen LogP contribution in [-0.2, 0) is 11.2 Å². The highest BCUT2D eigenvalue weighted by Gasteiger charge is 2.19. The summed E-state index contributed by atoms with van der Waals surface area (Å²) >= 11 is 5.64. The second-order valence-electron chi connectivity index (χ2n) is 2.91. The molecule has 0 spiro atoms. The van der Waals surface area contributed by atoms with Gasteiger partial charge in [0.05, 0.1) is 16.4 Å². The van der Waals surface area contributed by atoms with Crippen molar-refractivity contribution in [1.29, 1.82) is 5.26 Å². The zero-order valence-electron chi connectivity index (χ0n) is 7.81. The lowest BCUT2D eigenvalue weighted by Crippen LogP contribution is -2.02. The van der Waals surface area contributed by atoms with Crippen LogP contribution in [0.15, 0.2) is 12.1 Å². The first-order valence-electron chi connectivity index (χ1n) is 4.04. The number of benzene rings is 1. The van der Waals surface area contributed by atoms with Crippen LogP contribution in [0.1, 0.15) is 11.1 Å². The molecular weight excluding hydrogens is 236 g/mol. The molecule has 0 bridgehead atoms. The molecule has 1 N–H and O–H groups in total. The Morgan fingerprint density at radius 3 is 2.69 bits per heavy atom. The second-order valence-corrected chi connectivity index (χ2v) is 3.32. The molecule has 0 aliphatic rings. The number of carboxylic acids is 1. The number of nitrogens with zero attached hydrogens (tertiary/aromatic N) is 2. The predicted molar refractivity (Wildman–Crippen MR) is 54.2 cm³/mol. The molecule has 0 unspecified atom stereocenters. The van der Waals surface area contributed by atoms with Gasteiger partial charge >= 0.3 is 5.97 Å². The molecule has 6 nitrogen and oxygen atoms in total. The van der Waals surface area contributed by atoms with Gasteiger partial charge in [0.25, 0.3) is 5.69 Å². The minimum atomic E-state index is -1.13. The van der Waals surface area contributed by atoms with Crippen molar-refractivity contribution in [3.05, 3.63) is 38.4 Å². The smallest absolute Gasteiger partial charge is 0.307 e. The number of carbonyl (C=O) groups is 1. The molecule has 0 radical (unpaired) electrons. The van der Waals surface area contributed by atoms with Gasteiger partial charge in [-0.15, -0.1) is 0 Å². The minimum absolute atomic E-state index is 0.118. The van der Waals surface area contributed by atoms with Gasteiger partial charge in [-0.2, -0.15) is 5.26 Å². The van der Waals surface area contributed by atoms with Crippen molar-refractivity contribution in [3.8, 4) is 6.07 Å². The van der Waals surface area contributed by atoms with Gasteiger partial charge in [0, 0.05) is 6.07 Å². The summed E-state index contributed by atoms with van der Waals surface area (Å²) in [6.45, 7) is 0. The van der Waals surface area contributed by atoms with Crippen LogP contribution in [-0.4, -0.2) is 16.0 Å². The average Bonchev–Trinajstić information content (AvgIpc) is 2.15. The molecule has 82 valence electrons. The highest BCUT2D eigenvalue weighted by atomic mass is 35.5. The highest BCUT2D eigenvalue weighted by molar-refractivity contribution is 6.32. The lowest BCUT2D eigenvalue weighted by atomic mass is 10.1. The summed E-state index contributed by atoms with van der Waals surface area (Å²) in [6, 6.07) is 3.88. The van der Waals surface area contributed by atoms with Gasteiger partial charge in [-0.1, -0.05) is 11.6 Å². The Labute approximate surface area is 94.8 Å². The topological polar surface area (TPSA) is 104 Å². The number of hydrogen-bond donors (Lipinski definition) is 1. The van der Waals surface area contributed by atoms with Crippen LogP contribution < -0.4 is 0 Å². The first-order valence-corrected chi connectivity index (χ1v) is 4.42. The zero-order valence-corrected chi connectivity index (χ0v) is 8.56. The third kappa shape index (κ3) is 2.46. The molecule has 0 aromatic heterocycles. The van der Waals surface area contributed by atoms with Gasteiger partial charge in [0.15, 0.2) is 0 Å². The highest BCUT2D eigenvalue weighted by Crippen LogP contribution is 2.27. The Bertz CT molecular complexity index is 507. The molecule has 0 atom stereocenters. The molecule has 1 rings (SSSR count). The van der Waals surface area contributed by atoms with Gasteiger partial charge in [-0.3, -0.25) is 14.9 Å². The number of aliphatic carboxylic acids is 1. The average molecular weight is 241 g/mol. The third-order valence-electron chi connectivity index (χ3n) is 1.79. The Hall–Kier alpha value is -2.13. The van der Waals surface area contributed by atoms with Crippen LogP contribution in [0, 0.1) is 21.4 Å². The van der Waals surface area contributed by atoms with Gasteiger partial charge in [-0.05, 0) is 11.6 Å². The molecular formula is C9H5ClN2O4. The second kappa shape index (κ2) is 4.59. The monoisotopic (exact) mass is 240 g/mol. The fraction of sp³-hybridized carbons (Fsp3) is 0.111. The fourth-order valence-electron chi connectivity index (χ4n) is 1.18. The summed E-state index contributed by atoms with van der Waals surface area (Å²) in [5.41, 5.74) is -0.560. The van der Waals surface area contributed by atoms with Gasteiger partial charge in [-0.25, -0.2) is 0 Å². The molecule has 1 aromatic rings. The van der Waals surface area contributed by atoms with E-state index in [1.54, 1.807) is 6.07 Å². The number of carboxylic acid groups (broad SMARTS) is 1. The standard InChI is InChI=1S/C9H5ClN2O4/c10-7-1-5(3-9(13)14)2-8(12(15)16)6(7)4-11/h1-2H,3H2,(H,13,14). The summed E-state index contributed by atoms with van der Waals surface area (Å²) in [5.74, 6) is -1.13. The summed E-state index contributed by atoms with van der Waals surface area (Å²) in [7, 11) is 0. The van der Waals surface area contributed by atoms with E-state index in [1.165, 1.54) is 6.07 Å². The largest absolute Gasteiger partial charge is 0.481 e. The first kappa shape index (κ1) is 11.9. The Kier molecular flexibility index (Phi) is 3.43. The van der Waals surface area contributed by atoms with Crippen molar-refractivity contribution in [1.82, 2.24) is 0 Å². The van der Waals surface area contributed by atoms with Gasteiger partial charge < -0.3 is 5.11 Å². The number of rotatable bonds is 3. The lowest BCUT2D eigenvalue weighted by molar-refractivity contribution is -0.385. The number of nitro benzene ring substituents is 1. The van der Waals surface area contributed by atoms with E-state index in [4.69, 9.17) is 22.0 Å². The van der Waals surface area contributed by atoms with Crippen LogP contribution in [0.4, 0.5) is 5.69 Å². The number of hydrogen-bond acceptors (Lipinski definition) is 4. The van der Waals surface area contributed by atoms with Crippen molar-refractivity contribution in [2.24, 2.45) is 0 Å². The van der Waals surface area contributed by atoms with E-state index in [0.717, 1.165) is 6.07 Å². The van der Waals surface area contributed by atoms with Crippen molar-refractivity contribution in [2.75, 3.05) is 0 Å². The summed E-state index contributed by atoms with van der Waals surface area (Å²) in [6.07, 6.45) is -0.383. The van der Waals surface area contributed by atoms with E-state index >= 15 is 0 Å². The minimum Gasteiger partial charge on any atom is -0.481 e. The van der Waals surface area contributed by atoms with Crippen LogP contribution in [0.3, 0.4) is 0 Å². The normalized spacial score (nSPS) is 9.50. The van der Waals surface area contributed by atoms with Crippen molar-refractivity contribution in [3.63, 3.8) is 0 Å². The van der Waals surface area contributed by atoms with Crippen LogP contribution >= 0.6 is 11.6 Å². The molecule has 0 fully saturated rings.